The first-order chi connectivity index (χ1) is 27.0. The zero-order valence-corrected chi connectivity index (χ0v) is 33.3. The molecule has 1 aromatic heterocycles. The number of fused-ring (bicyclic) bond motifs is 2. The first-order valence-corrected chi connectivity index (χ1v) is 21.2. The van der Waals surface area contributed by atoms with Gasteiger partial charge in [0.1, 0.15) is 38.2 Å². The molecule has 0 amide bonds. The number of nitrogens with zero attached hydrogens (tertiary/aromatic N) is 3. The molecule has 3 aliphatic rings. The van der Waals surface area contributed by atoms with Gasteiger partial charge in [0.2, 0.25) is 5.36 Å². The molecule has 310 valence electrons. The Morgan fingerprint density at radius 3 is 2.31 bits per heavy atom. The van der Waals surface area contributed by atoms with Gasteiger partial charge in [-0.05, 0) is 23.8 Å². The van der Waals surface area contributed by atoms with Gasteiger partial charge in [-0.2, -0.15) is 14.7 Å². The number of benzene rings is 3. The number of carboxylic acid groups (broad SMARTS) is 1. The number of carbonyl (C=O) groups is 1. The van der Waals surface area contributed by atoms with Crippen LogP contribution in [0.25, 0.3) is 44.5 Å². The molecule has 0 bridgehead atoms. The van der Waals surface area contributed by atoms with E-state index in [0.717, 1.165) is 16.1 Å². The molecule has 6 rings (SSSR count). The number of phosphoric ester groups is 1. The second-order valence-electron chi connectivity index (χ2n) is 13.3. The largest absolute Gasteiger partial charge is 0.603 e. The van der Waals surface area contributed by atoms with Crippen LogP contribution in [0.3, 0.4) is 0 Å². The van der Waals surface area contributed by atoms with Gasteiger partial charge in [-0.1, -0.05) is 28.6 Å². The van der Waals surface area contributed by atoms with Gasteiger partial charge in [0.25, 0.3) is 5.56 Å². The topological polar surface area (TPSA) is 333 Å². The SMILES string of the molecule is CN(C)c1c(-c2cn([C@@H]3O[C@H](COP(=O)(O)O[P+]([O-])(O)O[P+]([O-])(O)O)[C@@H](O)[C@H]3O)c(=O)[nH]c2=O)ccc2c(-c3ccccc3C(=O)O)c3ccc(=[N+](C)C)cc-3oc12. The van der Waals surface area contributed by atoms with E-state index in [2.05, 4.69) is 18.1 Å². The van der Waals surface area contributed by atoms with Crippen LogP contribution < -0.4 is 35.9 Å². The maximum absolute atomic E-state index is 13.5. The van der Waals surface area contributed by atoms with E-state index < -0.39 is 72.5 Å². The van der Waals surface area contributed by atoms with E-state index in [-0.39, 0.29) is 22.3 Å². The molecule has 8 N–H and O–H groups in total. The molecule has 0 saturated carbocycles. The average molecular weight is 870 g/mol. The number of aliphatic hydroxyl groups excluding tert-OH is 2. The number of hydrogen-bond donors (Lipinski definition) is 8. The maximum atomic E-state index is 13.5. The monoisotopic (exact) mass is 869 g/mol. The van der Waals surface area contributed by atoms with Crippen molar-refractivity contribution in [3.05, 3.63) is 92.6 Å². The Bertz CT molecular complexity index is 2620. The molecule has 58 heavy (non-hydrogen) atoms. The van der Waals surface area contributed by atoms with Crippen LogP contribution in [-0.4, -0.2) is 104 Å². The summed E-state index contributed by atoms with van der Waals surface area (Å²) in [5, 5.41) is 33.0. The van der Waals surface area contributed by atoms with E-state index in [1.807, 2.05) is 30.8 Å². The minimum Gasteiger partial charge on any atom is -0.603 e. The van der Waals surface area contributed by atoms with Gasteiger partial charge in [0.05, 0.1) is 29.5 Å². The number of aliphatic hydroxyl groups is 2. The highest BCUT2D eigenvalue weighted by molar-refractivity contribution is 7.70. The fraction of sp³-hybridized carbons (Fsp3) is 0.273. The van der Waals surface area contributed by atoms with Gasteiger partial charge in [-0.3, -0.25) is 18.9 Å². The van der Waals surface area contributed by atoms with Crippen LogP contribution in [0.1, 0.15) is 16.6 Å². The summed E-state index contributed by atoms with van der Waals surface area (Å²) in [7, 11) is -10.2. The van der Waals surface area contributed by atoms with E-state index in [0.29, 0.717) is 33.5 Å². The Hall–Kier alpha value is -4.31. The van der Waals surface area contributed by atoms with E-state index in [1.165, 1.54) is 6.07 Å². The number of phosphoric acid groups is 3. The molecule has 1 fully saturated rings. The summed E-state index contributed by atoms with van der Waals surface area (Å²) in [6, 6.07) is 15.0. The van der Waals surface area contributed by atoms with Crippen LogP contribution in [-0.2, 0) is 22.4 Å². The third-order valence-corrected chi connectivity index (χ3v) is 12.7. The normalized spacial score (nSPS) is 20.6. The molecule has 2 aliphatic heterocycles. The Labute approximate surface area is 327 Å². The highest BCUT2D eigenvalue weighted by Crippen LogP contribution is 2.69. The maximum Gasteiger partial charge on any atom is 0.511 e. The zero-order valence-electron chi connectivity index (χ0n) is 30.6. The van der Waals surface area contributed by atoms with Crippen LogP contribution in [0.4, 0.5) is 5.69 Å². The van der Waals surface area contributed by atoms with Crippen molar-refractivity contribution >= 4 is 46.8 Å². The predicted octanol–water partition coefficient (Wildman–Crippen LogP) is -0.660. The molecule has 0 radical (unpaired) electrons. The minimum absolute atomic E-state index is 0.0182. The van der Waals surface area contributed by atoms with Gasteiger partial charge < -0.3 is 44.1 Å². The lowest BCUT2D eigenvalue weighted by atomic mass is 9.89. The quantitative estimate of drug-likeness (QED) is 0.0438. The summed E-state index contributed by atoms with van der Waals surface area (Å²) in [4.78, 5) is 102. The average Bonchev–Trinajstić information content (AvgIpc) is 3.39. The molecule has 2 unspecified atom stereocenters. The lowest BCUT2D eigenvalue weighted by molar-refractivity contribution is -0.256. The van der Waals surface area contributed by atoms with Crippen molar-refractivity contribution in [3.63, 3.8) is 0 Å². The third kappa shape index (κ3) is 8.82. The van der Waals surface area contributed by atoms with Crippen LogP contribution in [0, 0.1) is 0 Å². The van der Waals surface area contributed by atoms with Gasteiger partial charge in [0.15, 0.2) is 11.8 Å². The number of aromatic amines is 1. The molecular weight excluding hydrogens is 833 g/mol. The first-order valence-electron chi connectivity index (χ1n) is 16.7. The molecular formula is C33H36N4O18P3+. The minimum atomic E-state index is -5.87. The molecule has 22 nitrogen and oxygen atoms in total. The summed E-state index contributed by atoms with van der Waals surface area (Å²) in [6.07, 6.45) is -6.40. The van der Waals surface area contributed by atoms with Gasteiger partial charge in [-0.25, -0.2) is 18.7 Å². The first kappa shape index (κ1) is 43.3. The van der Waals surface area contributed by atoms with E-state index >= 15 is 0 Å². The summed E-state index contributed by atoms with van der Waals surface area (Å²) in [5.74, 6) is -0.801. The van der Waals surface area contributed by atoms with Crippen molar-refractivity contribution in [3.8, 4) is 33.6 Å². The molecule has 2 aromatic carbocycles. The number of nitrogens with one attached hydrogen (secondary N) is 1. The van der Waals surface area contributed by atoms with Crippen LogP contribution in [0.15, 0.2) is 74.8 Å². The number of rotatable bonds is 12. The number of ether oxygens (including phenoxy) is 1. The van der Waals surface area contributed by atoms with Gasteiger partial charge in [0, 0.05) is 52.7 Å². The molecule has 1 saturated heterocycles. The lowest BCUT2D eigenvalue weighted by Crippen LogP contribution is -2.38. The summed E-state index contributed by atoms with van der Waals surface area (Å²) >= 11 is 0. The number of aromatic nitrogens is 2. The fourth-order valence-corrected chi connectivity index (χ4v) is 9.51. The lowest BCUT2D eigenvalue weighted by Gasteiger charge is -2.24. The van der Waals surface area contributed by atoms with Crippen LogP contribution in [0.5, 0.6) is 0 Å². The zero-order chi connectivity index (χ0) is 42.6. The summed E-state index contributed by atoms with van der Waals surface area (Å²) in [5.41, 5.74) is 0.0408. The number of anilines is 1. The Kier molecular flexibility index (Phi) is 12.0. The second-order valence-corrected chi connectivity index (χ2v) is 17.7. The summed E-state index contributed by atoms with van der Waals surface area (Å²) < 4.78 is 38.8. The molecule has 6 atom stereocenters. The Balaban J connectivity index is 1.45. The van der Waals surface area contributed by atoms with Crippen molar-refractivity contribution in [2.75, 3.05) is 39.7 Å². The highest BCUT2D eigenvalue weighted by Gasteiger charge is 2.51. The van der Waals surface area contributed by atoms with Gasteiger partial charge >= 0.3 is 35.8 Å². The number of carboxylic acids is 1. The highest BCUT2D eigenvalue weighted by atomic mass is 31.3. The number of aromatic carboxylic acids is 1. The van der Waals surface area contributed by atoms with Crippen molar-refractivity contribution in [2.45, 2.75) is 24.5 Å². The fourth-order valence-electron chi connectivity index (χ4n) is 6.48. The van der Waals surface area contributed by atoms with Crippen LogP contribution >= 0.6 is 24.2 Å². The van der Waals surface area contributed by atoms with Crippen molar-refractivity contribution < 1.29 is 76.3 Å². The van der Waals surface area contributed by atoms with E-state index in [4.69, 9.17) is 18.9 Å². The number of H-pyrrole nitrogens is 1. The Morgan fingerprint density at radius 1 is 1.00 bits per heavy atom. The number of hydrogen-bond acceptors (Lipinski definition) is 17. The van der Waals surface area contributed by atoms with E-state index in [9.17, 15) is 53.8 Å². The predicted molar refractivity (Wildman–Crippen MR) is 201 cm³/mol. The Morgan fingerprint density at radius 2 is 1.67 bits per heavy atom. The molecule has 1 aliphatic carbocycles. The molecule has 3 heterocycles. The van der Waals surface area contributed by atoms with Crippen molar-refractivity contribution in [1.82, 2.24) is 14.1 Å². The van der Waals surface area contributed by atoms with Crippen LogP contribution in [0.2, 0.25) is 0 Å². The molecule has 0 spiro atoms. The van der Waals surface area contributed by atoms with Gasteiger partial charge in [-0.15, -0.1) is 0 Å². The summed E-state index contributed by atoms with van der Waals surface area (Å²) in [6.45, 7) is -1.16. The molecule has 25 heteroatoms. The standard InChI is InChI=1S/C33H35N4O18P3/c1-35(2)16-9-10-20-23(13-16)52-29-21(25(20)17-7-5-6-8-19(17)32(41)42)12-11-18(26(29)36(3)4)22-14-37(33(43)34-30(22)40)31-28(39)27(38)24(53-31)15-51-57(47,48)55-58(49,50)54-56(44,45)46/h5-14,24,27-28,31,38-39H,15H2,1-4H3,(H5-,34,40,41,42,43,44,45,46,47,48,49,50)/p+1/t24-,27-,28-,31-/m1/s1. The third-order valence-electron chi connectivity index (χ3n) is 8.92. The second kappa shape index (κ2) is 16.0. The van der Waals surface area contributed by atoms with E-state index in [1.54, 1.807) is 55.4 Å². The smallest absolute Gasteiger partial charge is 0.511 e. The van der Waals surface area contributed by atoms with Crippen molar-refractivity contribution in [2.24, 2.45) is 0 Å². The van der Waals surface area contributed by atoms with Crippen molar-refractivity contribution in [1.29, 1.82) is 0 Å². The molecule has 3 aromatic rings.